The molecule has 0 aromatic heterocycles. The number of aliphatic imine (C=N–C) groups is 1. The van der Waals surface area contributed by atoms with E-state index in [-0.39, 0.29) is 0 Å². The Kier molecular flexibility index (Phi) is 2.56. The van der Waals surface area contributed by atoms with Gasteiger partial charge < -0.3 is 0 Å². The lowest BCUT2D eigenvalue weighted by molar-refractivity contribution is 1.08. The van der Waals surface area contributed by atoms with Crippen molar-refractivity contribution in [3.8, 4) is 0 Å². The molecule has 1 aliphatic carbocycles. The second-order valence-electron chi connectivity index (χ2n) is 3.18. The summed E-state index contributed by atoms with van der Waals surface area (Å²) in [6, 6.07) is 6.09. The van der Waals surface area contributed by atoms with Crippen LogP contribution in [0.15, 0.2) is 23.2 Å². The van der Waals surface area contributed by atoms with Crippen molar-refractivity contribution in [1.82, 2.24) is 0 Å². The van der Waals surface area contributed by atoms with E-state index in [4.69, 9.17) is 23.2 Å². The number of rotatable bonds is 2. The third-order valence-electron chi connectivity index (χ3n) is 1.92. The summed E-state index contributed by atoms with van der Waals surface area (Å²) in [6.45, 7) is 0. The maximum Gasteiger partial charge on any atom is 0.0598 e. The molecule has 0 bridgehead atoms. The fraction of sp³-hybridized carbons (Fsp3) is 0.300. The van der Waals surface area contributed by atoms with Gasteiger partial charge >= 0.3 is 0 Å². The zero-order valence-electron chi connectivity index (χ0n) is 7.00. The second kappa shape index (κ2) is 3.69. The molecule has 0 atom stereocenters. The number of hydrogen-bond acceptors (Lipinski definition) is 1. The van der Waals surface area contributed by atoms with Crippen LogP contribution in [0.25, 0.3) is 0 Å². The predicted octanol–water partition coefficient (Wildman–Crippen LogP) is 3.57. The third kappa shape index (κ3) is 2.45. The van der Waals surface area contributed by atoms with Crippen molar-refractivity contribution >= 4 is 29.4 Å². The molecule has 1 aromatic carbocycles. The Balaban J connectivity index is 2.15. The van der Waals surface area contributed by atoms with Crippen molar-refractivity contribution < 1.29 is 0 Å². The molecule has 68 valence electrons. The Morgan fingerprint density at radius 2 is 2.00 bits per heavy atom. The minimum Gasteiger partial charge on any atom is -0.289 e. The van der Waals surface area contributed by atoms with E-state index in [1.807, 2.05) is 18.3 Å². The van der Waals surface area contributed by atoms with E-state index >= 15 is 0 Å². The Labute approximate surface area is 87.4 Å². The van der Waals surface area contributed by atoms with Gasteiger partial charge in [-0.3, -0.25) is 4.99 Å². The van der Waals surface area contributed by atoms with Gasteiger partial charge in [-0.05, 0) is 30.5 Å². The Bertz CT molecular complexity index is 343. The van der Waals surface area contributed by atoms with Gasteiger partial charge in [-0.25, -0.2) is 0 Å². The number of halogens is 2. The molecule has 0 spiro atoms. The molecule has 3 heteroatoms. The molecule has 1 fully saturated rings. The van der Waals surface area contributed by atoms with E-state index in [0.717, 1.165) is 5.56 Å². The molecule has 1 saturated carbocycles. The molecule has 0 heterocycles. The molecule has 13 heavy (non-hydrogen) atoms. The molecule has 1 nitrogen and oxygen atoms in total. The lowest BCUT2D eigenvalue weighted by atomic mass is 10.2. The Hall–Kier alpha value is -0.530. The summed E-state index contributed by atoms with van der Waals surface area (Å²) >= 11 is 11.6. The molecule has 0 aliphatic heterocycles. The SMILES string of the molecule is Clc1ccc(C=NC2CC2)cc1Cl. The van der Waals surface area contributed by atoms with Gasteiger partial charge in [-0.15, -0.1) is 0 Å². The highest BCUT2D eigenvalue weighted by molar-refractivity contribution is 6.42. The lowest BCUT2D eigenvalue weighted by Gasteiger charge is -1.96. The highest BCUT2D eigenvalue weighted by Crippen LogP contribution is 2.24. The largest absolute Gasteiger partial charge is 0.289 e. The van der Waals surface area contributed by atoms with Crippen LogP contribution in [-0.2, 0) is 0 Å². The minimum absolute atomic E-state index is 0.550. The molecule has 0 amide bonds. The molecular formula is C10H9Cl2N. The van der Waals surface area contributed by atoms with Gasteiger partial charge in [0.05, 0.1) is 16.1 Å². The van der Waals surface area contributed by atoms with Crippen molar-refractivity contribution in [3.05, 3.63) is 33.8 Å². The van der Waals surface area contributed by atoms with E-state index in [1.54, 1.807) is 6.07 Å². The van der Waals surface area contributed by atoms with E-state index in [0.29, 0.717) is 16.1 Å². The number of benzene rings is 1. The van der Waals surface area contributed by atoms with Gasteiger partial charge in [0, 0.05) is 6.21 Å². The van der Waals surface area contributed by atoms with Gasteiger partial charge in [0.15, 0.2) is 0 Å². The minimum atomic E-state index is 0.550. The molecular weight excluding hydrogens is 205 g/mol. The van der Waals surface area contributed by atoms with Crippen LogP contribution in [0, 0.1) is 0 Å². The van der Waals surface area contributed by atoms with Crippen molar-refractivity contribution in [2.24, 2.45) is 4.99 Å². The van der Waals surface area contributed by atoms with Crippen LogP contribution in [0.3, 0.4) is 0 Å². The van der Waals surface area contributed by atoms with Crippen molar-refractivity contribution in [2.45, 2.75) is 18.9 Å². The van der Waals surface area contributed by atoms with Gasteiger partial charge in [0.1, 0.15) is 0 Å². The van der Waals surface area contributed by atoms with Gasteiger partial charge in [-0.2, -0.15) is 0 Å². The van der Waals surface area contributed by atoms with Crippen LogP contribution in [0.4, 0.5) is 0 Å². The van der Waals surface area contributed by atoms with Crippen molar-refractivity contribution in [3.63, 3.8) is 0 Å². The molecule has 2 rings (SSSR count). The molecule has 1 aliphatic rings. The fourth-order valence-corrected chi connectivity index (χ4v) is 1.31. The van der Waals surface area contributed by atoms with Crippen LogP contribution in [0.5, 0.6) is 0 Å². The van der Waals surface area contributed by atoms with Crippen molar-refractivity contribution in [1.29, 1.82) is 0 Å². The van der Waals surface area contributed by atoms with Gasteiger partial charge in [-0.1, -0.05) is 29.3 Å². The van der Waals surface area contributed by atoms with E-state index in [9.17, 15) is 0 Å². The number of nitrogens with zero attached hydrogens (tertiary/aromatic N) is 1. The second-order valence-corrected chi connectivity index (χ2v) is 4.00. The average Bonchev–Trinajstić information content (AvgIpc) is 2.91. The standard InChI is InChI=1S/C10H9Cl2N/c11-9-4-1-7(5-10(9)12)6-13-8-2-3-8/h1,4-6,8H,2-3H2. The van der Waals surface area contributed by atoms with E-state index < -0.39 is 0 Å². The van der Waals surface area contributed by atoms with Gasteiger partial charge in [0.2, 0.25) is 0 Å². The first-order chi connectivity index (χ1) is 6.25. The maximum atomic E-state index is 5.85. The maximum absolute atomic E-state index is 5.85. The van der Waals surface area contributed by atoms with Gasteiger partial charge in [0.25, 0.3) is 0 Å². The summed E-state index contributed by atoms with van der Waals surface area (Å²) in [5.74, 6) is 0. The van der Waals surface area contributed by atoms with Crippen LogP contribution < -0.4 is 0 Å². The zero-order chi connectivity index (χ0) is 9.26. The van der Waals surface area contributed by atoms with Crippen LogP contribution in [-0.4, -0.2) is 12.3 Å². The fourth-order valence-electron chi connectivity index (χ4n) is 1.01. The first-order valence-electron chi connectivity index (χ1n) is 4.24. The Morgan fingerprint density at radius 1 is 1.23 bits per heavy atom. The molecule has 0 saturated heterocycles. The molecule has 0 unspecified atom stereocenters. The van der Waals surface area contributed by atoms with Crippen LogP contribution in [0.1, 0.15) is 18.4 Å². The van der Waals surface area contributed by atoms with E-state index in [2.05, 4.69) is 4.99 Å². The highest BCUT2D eigenvalue weighted by atomic mass is 35.5. The molecule has 1 aromatic rings. The summed E-state index contributed by atoms with van der Waals surface area (Å²) in [5.41, 5.74) is 1.02. The molecule has 0 N–H and O–H groups in total. The van der Waals surface area contributed by atoms with Crippen molar-refractivity contribution in [2.75, 3.05) is 0 Å². The monoisotopic (exact) mass is 213 g/mol. The summed E-state index contributed by atoms with van der Waals surface area (Å²) in [6.07, 6.45) is 4.30. The number of hydrogen-bond donors (Lipinski definition) is 0. The summed E-state index contributed by atoms with van der Waals surface area (Å²) in [7, 11) is 0. The topological polar surface area (TPSA) is 12.4 Å². The zero-order valence-corrected chi connectivity index (χ0v) is 8.52. The van der Waals surface area contributed by atoms with Crippen LogP contribution >= 0.6 is 23.2 Å². The lowest BCUT2D eigenvalue weighted by Crippen LogP contribution is -1.83. The summed E-state index contributed by atoms with van der Waals surface area (Å²) in [5, 5.41) is 1.17. The average molecular weight is 214 g/mol. The van der Waals surface area contributed by atoms with E-state index in [1.165, 1.54) is 12.8 Å². The first-order valence-corrected chi connectivity index (χ1v) is 4.99. The predicted molar refractivity (Wildman–Crippen MR) is 57.1 cm³/mol. The normalized spacial score (nSPS) is 16.8. The Morgan fingerprint density at radius 3 is 2.62 bits per heavy atom. The highest BCUT2D eigenvalue weighted by Gasteiger charge is 2.18. The molecule has 0 radical (unpaired) electrons. The summed E-state index contributed by atoms with van der Waals surface area (Å²) < 4.78 is 0. The smallest absolute Gasteiger partial charge is 0.0598 e. The quantitative estimate of drug-likeness (QED) is 0.667. The first kappa shape index (κ1) is 9.04. The van der Waals surface area contributed by atoms with Crippen LogP contribution in [0.2, 0.25) is 10.0 Å². The summed E-state index contributed by atoms with van der Waals surface area (Å²) in [4.78, 5) is 4.35. The third-order valence-corrected chi connectivity index (χ3v) is 2.66.